The van der Waals surface area contributed by atoms with Gasteiger partial charge in [-0.15, -0.1) is 11.8 Å². The molecule has 1 fully saturated rings. The third kappa shape index (κ3) is 4.07. The van der Waals surface area contributed by atoms with Crippen LogP contribution in [0.5, 0.6) is 5.75 Å². The van der Waals surface area contributed by atoms with E-state index in [1.807, 2.05) is 24.7 Å². The minimum atomic E-state index is 0.906. The van der Waals surface area contributed by atoms with Gasteiger partial charge < -0.3 is 14.2 Å². The number of thioether (sulfide) groups is 1. The average Bonchev–Trinajstić information content (AvgIpc) is 3.17. The van der Waals surface area contributed by atoms with E-state index in [0.717, 1.165) is 67.6 Å². The number of ether oxygens (including phenoxy) is 1. The van der Waals surface area contributed by atoms with Gasteiger partial charge in [0.15, 0.2) is 5.65 Å². The summed E-state index contributed by atoms with van der Waals surface area (Å²) in [6.45, 7) is 6.33. The van der Waals surface area contributed by atoms with E-state index in [9.17, 15) is 0 Å². The number of aryl methyl sites for hydroxylation is 1. The highest BCUT2D eigenvalue weighted by molar-refractivity contribution is 7.98. The van der Waals surface area contributed by atoms with Crippen molar-refractivity contribution >= 4 is 28.6 Å². The number of piperazine rings is 1. The van der Waals surface area contributed by atoms with Gasteiger partial charge in [-0.25, -0.2) is 15.0 Å². The largest absolute Gasteiger partial charge is 0.497 e. The molecule has 0 N–H and O–H groups in total. The molecule has 0 saturated carbocycles. The minimum Gasteiger partial charge on any atom is -0.497 e. The maximum atomic E-state index is 5.25. The maximum Gasteiger partial charge on any atom is 0.164 e. The molecule has 148 valence electrons. The van der Waals surface area contributed by atoms with Crippen molar-refractivity contribution in [1.82, 2.24) is 24.4 Å². The summed E-state index contributed by atoms with van der Waals surface area (Å²) in [6, 6.07) is 8.35. The Labute approximate surface area is 169 Å². The Morgan fingerprint density at radius 1 is 1.00 bits per heavy atom. The minimum absolute atomic E-state index is 0.906. The van der Waals surface area contributed by atoms with Crippen LogP contribution in [0.1, 0.15) is 6.42 Å². The second-order valence-corrected chi connectivity index (χ2v) is 7.67. The molecule has 7 nitrogen and oxygen atoms in total. The molecule has 2 aromatic heterocycles. The number of rotatable bonds is 7. The van der Waals surface area contributed by atoms with Gasteiger partial charge in [-0.3, -0.25) is 4.90 Å². The molecule has 0 aliphatic carbocycles. The van der Waals surface area contributed by atoms with E-state index in [4.69, 9.17) is 4.74 Å². The number of hydrogen-bond acceptors (Lipinski definition) is 7. The van der Waals surface area contributed by atoms with Gasteiger partial charge in [0.25, 0.3) is 0 Å². The first-order chi connectivity index (χ1) is 13.8. The molecule has 1 aliphatic rings. The molecule has 0 unspecified atom stereocenters. The van der Waals surface area contributed by atoms with Crippen molar-refractivity contribution in [2.24, 2.45) is 0 Å². The Balaban J connectivity index is 1.27. The number of anilines is 1. The smallest absolute Gasteiger partial charge is 0.164 e. The number of aromatic nitrogens is 4. The van der Waals surface area contributed by atoms with Gasteiger partial charge in [-0.2, -0.15) is 0 Å². The Morgan fingerprint density at radius 3 is 2.50 bits per heavy atom. The fourth-order valence-electron chi connectivity index (χ4n) is 3.66. The van der Waals surface area contributed by atoms with Gasteiger partial charge in [-0.1, -0.05) is 0 Å². The van der Waals surface area contributed by atoms with Crippen LogP contribution in [0.2, 0.25) is 0 Å². The lowest BCUT2D eigenvalue weighted by Crippen LogP contribution is -2.46. The van der Waals surface area contributed by atoms with Crippen LogP contribution in [0.15, 0.2) is 41.9 Å². The zero-order chi connectivity index (χ0) is 19.3. The number of fused-ring (bicyclic) bond motifs is 1. The summed E-state index contributed by atoms with van der Waals surface area (Å²) in [6.07, 6.45) is 6.63. The molecular formula is C20H26N6OS. The Bertz CT molecular complexity index is 905. The third-order valence-corrected chi connectivity index (χ3v) is 5.93. The highest BCUT2D eigenvalue weighted by atomic mass is 32.2. The highest BCUT2D eigenvalue weighted by Gasteiger charge is 2.17. The highest BCUT2D eigenvalue weighted by Crippen LogP contribution is 2.22. The Hall–Kier alpha value is -2.32. The van der Waals surface area contributed by atoms with Crippen LogP contribution < -0.4 is 9.64 Å². The standard InChI is InChI=1S/C20H26N6OS/c1-27-17-6-4-16(5-7-17)25-12-10-24(11-13-25)8-3-9-26-15-23-18-19(26)21-14-22-20(18)28-2/h4-7,14-15H,3,8-13H2,1-2H3. The van der Waals surface area contributed by atoms with Crippen molar-refractivity contribution in [1.29, 1.82) is 0 Å². The normalized spacial score (nSPS) is 15.3. The van der Waals surface area contributed by atoms with Crippen molar-refractivity contribution in [2.75, 3.05) is 51.0 Å². The molecule has 0 amide bonds. The molecule has 28 heavy (non-hydrogen) atoms. The summed E-state index contributed by atoms with van der Waals surface area (Å²) in [5.41, 5.74) is 3.11. The van der Waals surface area contributed by atoms with Crippen molar-refractivity contribution in [3.05, 3.63) is 36.9 Å². The van der Waals surface area contributed by atoms with E-state index in [0.29, 0.717) is 0 Å². The Kier molecular flexibility index (Phi) is 5.97. The lowest BCUT2D eigenvalue weighted by molar-refractivity contribution is 0.251. The number of benzene rings is 1. The zero-order valence-electron chi connectivity index (χ0n) is 16.4. The van der Waals surface area contributed by atoms with E-state index in [2.05, 4.69) is 41.5 Å². The van der Waals surface area contributed by atoms with Crippen LogP contribution in [0.25, 0.3) is 11.2 Å². The summed E-state index contributed by atoms with van der Waals surface area (Å²) in [5.74, 6) is 0.907. The average molecular weight is 399 g/mol. The number of imidazole rings is 1. The van der Waals surface area contributed by atoms with Crippen LogP contribution in [-0.2, 0) is 6.54 Å². The van der Waals surface area contributed by atoms with Crippen LogP contribution in [0, 0.1) is 0 Å². The third-order valence-electron chi connectivity index (χ3n) is 5.24. The first-order valence-corrected chi connectivity index (χ1v) is 10.8. The van der Waals surface area contributed by atoms with Gasteiger partial charge in [0.05, 0.1) is 13.4 Å². The fraction of sp³-hybridized carbons (Fsp3) is 0.450. The quantitative estimate of drug-likeness (QED) is 0.448. The van der Waals surface area contributed by atoms with Crippen molar-refractivity contribution in [3.63, 3.8) is 0 Å². The maximum absolute atomic E-state index is 5.25. The van der Waals surface area contributed by atoms with Crippen LogP contribution >= 0.6 is 11.8 Å². The van der Waals surface area contributed by atoms with Crippen molar-refractivity contribution < 1.29 is 4.74 Å². The van der Waals surface area contributed by atoms with Gasteiger partial charge in [0.1, 0.15) is 22.6 Å². The number of nitrogens with zero attached hydrogens (tertiary/aromatic N) is 6. The second-order valence-electron chi connectivity index (χ2n) is 6.87. The molecule has 0 spiro atoms. The monoisotopic (exact) mass is 398 g/mol. The summed E-state index contributed by atoms with van der Waals surface area (Å²) >= 11 is 1.61. The molecule has 0 bridgehead atoms. The SMILES string of the molecule is COc1ccc(N2CCN(CCCn3cnc4c(SC)ncnc43)CC2)cc1. The van der Waals surface area contributed by atoms with Crippen molar-refractivity contribution in [3.8, 4) is 5.75 Å². The van der Waals surface area contributed by atoms with E-state index >= 15 is 0 Å². The number of methoxy groups -OCH3 is 1. The zero-order valence-corrected chi connectivity index (χ0v) is 17.2. The molecule has 1 aromatic carbocycles. The molecule has 4 rings (SSSR count). The second kappa shape index (κ2) is 8.79. The van der Waals surface area contributed by atoms with E-state index < -0.39 is 0 Å². The van der Waals surface area contributed by atoms with E-state index in [1.165, 1.54) is 5.69 Å². The van der Waals surface area contributed by atoms with E-state index in [1.54, 1.807) is 25.2 Å². The molecule has 8 heteroatoms. The molecule has 3 aromatic rings. The first kappa shape index (κ1) is 19.0. The van der Waals surface area contributed by atoms with Gasteiger partial charge in [0.2, 0.25) is 0 Å². The lowest BCUT2D eigenvalue weighted by Gasteiger charge is -2.36. The van der Waals surface area contributed by atoms with E-state index in [-0.39, 0.29) is 0 Å². The fourth-order valence-corrected chi connectivity index (χ4v) is 4.15. The predicted octanol–water partition coefficient (Wildman–Crippen LogP) is 2.77. The summed E-state index contributed by atoms with van der Waals surface area (Å²) in [4.78, 5) is 18.2. The van der Waals surface area contributed by atoms with Crippen LogP contribution in [0.3, 0.4) is 0 Å². The molecule has 1 aliphatic heterocycles. The Morgan fingerprint density at radius 2 is 1.79 bits per heavy atom. The summed E-state index contributed by atoms with van der Waals surface area (Å²) < 4.78 is 7.39. The topological polar surface area (TPSA) is 59.3 Å². The molecule has 1 saturated heterocycles. The molecular weight excluding hydrogens is 372 g/mol. The number of hydrogen-bond donors (Lipinski definition) is 0. The van der Waals surface area contributed by atoms with Gasteiger partial charge >= 0.3 is 0 Å². The first-order valence-electron chi connectivity index (χ1n) is 9.59. The summed E-state index contributed by atoms with van der Waals surface area (Å²) in [7, 11) is 1.70. The predicted molar refractivity (Wildman–Crippen MR) is 113 cm³/mol. The molecule has 0 radical (unpaired) electrons. The molecule has 3 heterocycles. The van der Waals surface area contributed by atoms with Crippen LogP contribution in [-0.4, -0.2) is 70.5 Å². The van der Waals surface area contributed by atoms with Gasteiger partial charge in [0, 0.05) is 38.4 Å². The molecule has 0 atom stereocenters. The lowest BCUT2D eigenvalue weighted by atomic mass is 10.2. The summed E-state index contributed by atoms with van der Waals surface area (Å²) in [5, 5.41) is 0.943. The van der Waals surface area contributed by atoms with Crippen molar-refractivity contribution in [2.45, 2.75) is 18.0 Å². The van der Waals surface area contributed by atoms with Crippen LogP contribution in [0.4, 0.5) is 5.69 Å². The van der Waals surface area contributed by atoms with Gasteiger partial charge in [-0.05, 0) is 43.5 Å².